The van der Waals surface area contributed by atoms with Crippen LogP contribution in [-0.4, -0.2) is 29.9 Å². The van der Waals surface area contributed by atoms with E-state index in [1.165, 1.54) is 4.88 Å². The van der Waals surface area contributed by atoms with Crippen LogP contribution in [0.5, 0.6) is 0 Å². The Hall–Kier alpha value is -0.390. The molecule has 1 aromatic heterocycles. The monoisotopic (exact) mass is 358 g/mol. The summed E-state index contributed by atoms with van der Waals surface area (Å²) in [5.74, 6) is 0.276. The van der Waals surface area contributed by atoms with Crippen LogP contribution >= 0.6 is 27.3 Å². The minimum Gasteiger partial charge on any atom is -0.342 e. The molecule has 0 radical (unpaired) electrons. The summed E-state index contributed by atoms with van der Waals surface area (Å²) in [7, 11) is 0. The van der Waals surface area contributed by atoms with E-state index < -0.39 is 0 Å². The van der Waals surface area contributed by atoms with Crippen molar-refractivity contribution in [1.29, 1.82) is 0 Å². The van der Waals surface area contributed by atoms with E-state index in [1.807, 2.05) is 25.7 Å². The maximum atomic E-state index is 12.2. The summed E-state index contributed by atoms with van der Waals surface area (Å²) in [5, 5.41) is 5.71. The summed E-state index contributed by atoms with van der Waals surface area (Å²) in [6, 6.07) is 2.69. The van der Waals surface area contributed by atoms with Gasteiger partial charge in [0.25, 0.3) is 0 Å². The quantitative estimate of drug-likeness (QED) is 0.894. The van der Waals surface area contributed by atoms with Crippen LogP contribution in [0.4, 0.5) is 0 Å². The Labute approximate surface area is 133 Å². The Bertz CT molecular complexity index is 459. The molecule has 3 nitrogen and oxygen atoms in total. The van der Waals surface area contributed by atoms with E-state index >= 15 is 0 Å². The number of halogens is 1. The lowest BCUT2D eigenvalue weighted by Crippen LogP contribution is -2.48. The maximum Gasteiger partial charge on any atom is 0.227 e. The van der Waals surface area contributed by atoms with Crippen LogP contribution in [0.25, 0.3) is 0 Å². The van der Waals surface area contributed by atoms with Gasteiger partial charge in [0.05, 0.1) is 0 Å². The highest BCUT2D eigenvalue weighted by atomic mass is 79.9. The zero-order valence-corrected chi connectivity index (χ0v) is 14.8. The second kappa shape index (κ2) is 6.58. The number of nitrogens with zero attached hydrogens (tertiary/aromatic N) is 1. The molecule has 0 aliphatic carbocycles. The summed E-state index contributed by atoms with van der Waals surface area (Å²) < 4.78 is 1.16. The number of thiophene rings is 1. The number of rotatable bonds is 3. The van der Waals surface area contributed by atoms with Crippen molar-refractivity contribution in [2.75, 3.05) is 13.1 Å². The van der Waals surface area contributed by atoms with Gasteiger partial charge in [-0.2, -0.15) is 0 Å². The Kier molecular flexibility index (Phi) is 5.26. The van der Waals surface area contributed by atoms with Crippen molar-refractivity contribution >= 4 is 33.2 Å². The van der Waals surface area contributed by atoms with Crippen LogP contribution in [0.3, 0.4) is 0 Å². The lowest BCUT2D eigenvalue weighted by atomic mass is 9.93. The molecule has 2 rings (SSSR count). The van der Waals surface area contributed by atoms with Crippen LogP contribution in [0.15, 0.2) is 15.9 Å². The van der Waals surface area contributed by atoms with Crippen molar-refractivity contribution in [2.45, 2.75) is 46.2 Å². The molecule has 0 spiro atoms. The SMILES string of the molecule is CC(C)(C)C(=O)N1CCC(NCc2cc(Br)cs2)CC1. The maximum absolute atomic E-state index is 12.2. The summed E-state index contributed by atoms with van der Waals surface area (Å²) in [6.07, 6.45) is 2.10. The number of carbonyl (C=O) groups excluding carboxylic acids is 1. The fourth-order valence-corrected chi connectivity index (χ4v) is 3.85. The molecule has 1 aliphatic rings. The Morgan fingerprint density at radius 3 is 2.60 bits per heavy atom. The van der Waals surface area contributed by atoms with E-state index in [0.29, 0.717) is 6.04 Å². The smallest absolute Gasteiger partial charge is 0.227 e. The van der Waals surface area contributed by atoms with Gasteiger partial charge < -0.3 is 10.2 Å². The lowest BCUT2D eigenvalue weighted by Gasteiger charge is -2.36. The Morgan fingerprint density at radius 2 is 2.10 bits per heavy atom. The first-order valence-corrected chi connectivity index (χ1v) is 8.79. The molecule has 0 bridgehead atoms. The van der Waals surface area contributed by atoms with Crippen molar-refractivity contribution in [3.8, 4) is 0 Å². The number of likely N-dealkylation sites (tertiary alicyclic amines) is 1. The van der Waals surface area contributed by atoms with E-state index in [9.17, 15) is 4.79 Å². The molecule has 20 heavy (non-hydrogen) atoms. The molecule has 0 aromatic carbocycles. The van der Waals surface area contributed by atoms with Gasteiger partial charge in [0.1, 0.15) is 0 Å². The van der Waals surface area contributed by atoms with Crippen molar-refractivity contribution in [3.05, 3.63) is 20.8 Å². The van der Waals surface area contributed by atoms with Gasteiger partial charge in [-0.3, -0.25) is 4.79 Å². The highest BCUT2D eigenvalue weighted by Gasteiger charge is 2.30. The number of hydrogen-bond donors (Lipinski definition) is 1. The van der Waals surface area contributed by atoms with E-state index in [1.54, 1.807) is 11.3 Å². The molecule has 2 heterocycles. The molecule has 0 atom stereocenters. The van der Waals surface area contributed by atoms with Crippen LogP contribution in [0.2, 0.25) is 0 Å². The van der Waals surface area contributed by atoms with Gasteiger partial charge in [-0.05, 0) is 34.8 Å². The molecule has 0 unspecified atom stereocenters. The topological polar surface area (TPSA) is 32.3 Å². The van der Waals surface area contributed by atoms with Gasteiger partial charge in [0, 0.05) is 45.8 Å². The third kappa shape index (κ3) is 4.30. The first-order valence-electron chi connectivity index (χ1n) is 7.12. The van der Waals surface area contributed by atoms with Crippen LogP contribution in [0.1, 0.15) is 38.5 Å². The van der Waals surface area contributed by atoms with E-state index in [0.717, 1.165) is 36.9 Å². The first kappa shape index (κ1) is 16.0. The van der Waals surface area contributed by atoms with Gasteiger partial charge in [-0.15, -0.1) is 11.3 Å². The number of nitrogens with one attached hydrogen (secondary N) is 1. The molecule has 0 saturated carbocycles. The average molecular weight is 359 g/mol. The highest BCUT2D eigenvalue weighted by Crippen LogP contribution is 2.22. The standard InChI is InChI=1S/C15H23BrN2OS/c1-15(2,3)14(19)18-6-4-12(5-7-18)17-9-13-8-11(16)10-20-13/h8,10,12,17H,4-7,9H2,1-3H3. The van der Waals surface area contributed by atoms with Gasteiger partial charge in [0.2, 0.25) is 5.91 Å². The predicted molar refractivity (Wildman–Crippen MR) is 87.9 cm³/mol. The van der Waals surface area contributed by atoms with Crippen molar-refractivity contribution in [1.82, 2.24) is 10.2 Å². The summed E-state index contributed by atoms with van der Waals surface area (Å²) >= 11 is 5.25. The molecule has 1 amide bonds. The van der Waals surface area contributed by atoms with Crippen LogP contribution in [0, 0.1) is 5.41 Å². The Morgan fingerprint density at radius 1 is 1.45 bits per heavy atom. The Balaban J connectivity index is 1.76. The fraction of sp³-hybridized carbons (Fsp3) is 0.667. The summed E-state index contributed by atoms with van der Waals surface area (Å²) in [5.41, 5.74) is -0.260. The molecule has 1 aromatic rings. The second-order valence-electron chi connectivity index (χ2n) is 6.43. The van der Waals surface area contributed by atoms with Gasteiger partial charge >= 0.3 is 0 Å². The fourth-order valence-electron chi connectivity index (χ4n) is 2.45. The molecule has 112 valence electrons. The molecular weight excluding hydrogens is 336 g/mol. The van der Waals surface area contributed by atoms with E-state index in [-0.39, 0.29) is 11.3 Å². The zero-order chi connectivity index (χ0) is 14.8. The van der Waals surface area contributed by atoms with Gasteiger partial charge in [-0.25, -0.2) is 0 Å². The van der Waals surface area contributed by atoms with Crippen LogP contribution in [-0.2, 0) is 11.3 Å². The van der Waals surface area contributed by atoms with Crippen LogP contribution < -0.4 is 5.32 Å². The summed E-state index contributed by atoms with van der Waals surface area (Å²) in [6.45, 7) is 8.66. The molecule has 1 N–H and O–H groups in total. The minimum atomic E-state index is -0.260. The molecule has 1 saturated heterocycles. The molecular formula is C15H23BrN2OS. The number of piperidine rings is 1. The molecule has 1 aliphatic heterocycles. The van der Waals surface area contributed by atoms with Crippen molar-refractivity contribution in [3.63, 3.8) is 0 Å². The minimum absolute atomic E-state index is 0.260. The van der Waals surface area contributed by atoms with Gasteiger partial charge in [0.15, 0.2) is 0 Å². The first-order chi connectivity index (χ1) is 9.36. The largest absolute Gasteiger partial charge is 0.342 e. The third-order valence-electron chi connectivity index (χ3n) is 3.61. The number of amides is 1. The third-order valence-corrected chi connectivity index (χ3v) is 5.31. The highest BCUT2D eigenvalue weighted by molar-refractivity contribution is 9.10. The average Bonchev–Trinajstić information content (AvgIpc) is 2.81. The van der Waals surface area contributed by atoms with E-state index in [4.69, 9.17) is 0 Å². The molecule has 1 fully saturated rings. The zero-order valence-electron chi connectivity index (χ0n) is 12.4. The predicted octanol–water partition coefficient (Wildman–Crippen LogP) is 3.64. The lowest BCUT2D eigenvalue weighted by molar-refractivity contribution is -0.140. The number of hydrogen-bond acceptors (Lipinski definition) is 3. The number of carbonyl (C=O) groups is 1. The van der Waals surface area contributed by atoms with Crippen molar-refractivity contribution in [2.24, 2.45) is 5.41 Å². The van der Waals surface area contributed by atoms with E-state index in [2.05, 4.69) is 32.7 Å². The second-order valence-corrected chi connectivity index (χ2v) is 8.34. The normalized spacial score (nSPS) is 17.5. The molecule has 5 heteroatoms. The summed E-state index contributed by atoms with van der Waals surface area (Å²) in [4.78, 5) is 15.6. The van der Waals surface area contributed by atoms with Gasteiger partial charge in [-0.1, -0.05) is 20.8 Å². The van der Waals surface area contributed by atoms with Crippen molar-refractivity contribution < 1.29 is 4.79 Å².